The summed E-state index contributed by atoms with van der Waals surface area (Å²) in [5, 5.41) is 17.0. The zero-order chi connectivity index (χ0) is 17.4. The van der Waals surface area contributed by atoms with Gasteiger partial charge in [-0.3, -0.25) is 5.10 Å². The standard InChI is InChI=1S/C20H16N4O/c1-12-7-9-14(10-8-12)18-17-16(13-5-3-2-4-6-13)15(11-21)19(22)25-20(17)24-23-18/h2-10,16H,22H2,1H3,(H,23,24)/t16-/m0/s1. The number of aromatic amines is 1. The van der Waals surface area contributed by atoms with Crippen molar-refractivity contribution in [2.75, 3.05) is 0 Å². The molecule has 122 valence electrons. The van der Waals surface area contributed by atoms with Crippen molar-refractivity contribution in [2.24, 2.45) is 5.73 Å². The van der Waals surface area contributed by atoms with Crippen LogP contribution < -0.4 is 10.5 Å². The molecule has 2 aromatic carbocycles. The SMILES string of the molecule is Cc1ccc(-c2[nH]nc3c2[C@@H](c2ccccc2)C(C#N)=C(N)O3)cc1. The van der Waals surface area contributed by atoms with Crippen LogP contribution in [0.25, 0.3) is 11.3 Å². The number of nitrogens with one attached hydrogen (secondary N) is 1. The Balaban J connectivity index is 1.94. The van der Waals surface area contributed by atoms with Gasteiger partial charge in [-0.05, 0) is 12.5 Å². The van der Waals surface area contributed by atoms with Gasteiger partial charge in [0.05, 0.1) is 17.2 Å². The van der Waals surface area contributed by atoms with Gasteiger partial charge >= 0.3 is 0 Å². The van der Waals surface area contributed by atoms with E-state index in [2.05, 4.69) is 16.3 Å². The highest BCUT2D eigenvalue weighted by Gasteiger charge is 2.35. The second-order valence-electron chi connectivity index (χ2n) is 6.02. The fourth-order valence-electron chi connectivity index (χ4n) is 3.16. The first-order valence-corrected chi connectivity index (χ1v) is 7.97. The predicted molar refractivity (Wildman–Crippen MR) is 94.5 cm³/mol. The smallest absolute Gasteiger partial charge is 0.244 e. The highest BCUT2D eigenvalue weighted by molar-refractivity contribution is 5.71. The van der Waals surface area contributed by atoms with Crippen LogP contribution in [0.2, 0.25) is 0 Å². The number of rotatable bonds is 2. The van der Waals surface area contributed by atoms with E-state index in [1.807, 2.05) is 61.5 Å². The first-order chi connectivity index (χ1) is 12.2. The van der Waals surface area contributed by atoms with Crippen molar-refractivity contribution in [3.05, 3.63) is 82.7 Å². The minimum Gasteiger partial charge on any atom is -0.420 e. The highest BCUT2D eigenvalue weighted by Crippen LogP contribution is 2.45. The average molecular weight is 328 g/mol. The molecule has 0 aliphatic carbocycles. The van der Waals surface area contributed by atoms with Gasteiger partial charge in [-0.1, -0.05) is 60.2 Å². The quantitative estimate of drug-likeness (QED) is 0.752. The molecule has 0 saturated heterocycles. The molecule has 0 bridgehead atoms. The third-order valence-corrected chi connectivity index (χ3v) is 4.41. The number of benzene rings is 2. The van der Waals surface area contributed by atoms with Gasteiger partial charge in [-0.25, -0.2) is 0 Å². The summed E-state index contributed by atoms with van der Waals surface area (Å²) in [6, 6.07) is 20.1. The molecular formula is C20H16N4O. The highest BCUT2D eigenvalue weighted by atomic mass is 16.5. The molecule has 0 spiro atoms. The third-order valence-electron chi connectivity index (χ3n) is 4.41. The number of aryl methyl sites for hydroxylation is 1. The normalized spacial score (nSPS) is 16.1. The maximum absolute atomic E-state index is 9.66. The van der Waals surface area contributed by atoms with Crippen molar-refractivity contribution < 1.29 is 4.74 Å². The van der Waals surface area contributed by atoms with Crippen molar-refractivity contribution in [3.8, 4) is 23.2 Å². The number of hydrogen-bond donors (Lipinski definition) is 2. The average Bonchev–Trinajstić information content (AvgIpc) is 3.05. The molecule has 0 fully saturated rings. The first kappa shape index (κ1) is 15.0. The molecule has 1 aromatic heterocycles. The molecule has 4 rings (SSSR count). The molecule has 1 atom stereocenters. The van der Waals surface area contributed by atoms with E-state index in [1.54, 1.807) is 0 Å². The van der Waals surface area contributed by atoms with E-state index in [0.29, 0.717) is 11.5 Å². The molecule has 0 unspecified atom stereocenters. The van der Waals surface area contributed by atoms with Crippen molar-refractivity contribution >= 4 is 0 Å². The Hall–Kier alpha value is -3.52. The summed E-state index contributed by atoms with van der Waals surface area (Å²) < 4.78 is 5.61. The first-order valence-electron chi connectivity index (χ1n) is 7.97. The number of hydrogen-bond acceptors (Lipinski definition) is 4. The summed E-state index contributed by atoms with van der Waals surface area (Å²) in [5.74, 6) is 0.205. The Morgan fingerprint density at radius 3 is 2.52 bits per heavy atom. The summed E-state index contributed by atoms with van der Waals surface area (Å²) in [7, 11) is 0. The lowest BCUT2D eigenvalue weighted by molar-refractivity contribution is 0.379. The monoisotopic (exact) mass is 328 g/mol. The number of nitrogens with zero attached hydrogens (tertiary/aromatic N) is 2. The zero-order valence-corrected chi connectivity index (χ0v) is 13.7. The fraction of sp³-hybridized carbons (Fsp3) is 0.100. The van der Waals surface area contributed by atoms with Crippen LogP contribution >= 0.6 is 0 Å². The number of H-pyrrole nitrogens is 1. The molecule has 3 aromatic rings. The van der Waals surface area contributed by atoms with Gasteiger partial charge in [-0.2, -0.15) is 5.26 Å². The van der Waals surface area contributed by atoms with Gasteiger partial charge in [0.15, 0.2) is 0 Å². The van der Waals surface area contributed by atoms with E-state index < -0.39 is 0 Å². The minimum absolute atomic E-state index is 0.103. The van der Waals surface area contributed by atoms with Crippen LogP contribution in [0.15, 0.2) is 66.1 Å². The summed E-state index contributed by atoms with van der Waals surface area (Å²) in [4.78, 5) is 0. The second kappa shape index (κ2) is 5.84. The lowest BCUT2D eigenvalue weighted by Crippen LogP contribution is -2.20. The topological polar surface area (TPSA) is 87.7 Å². The molecule has 0 saturated carbocycles. The van der Waals surface area contributed by atoms with Crippen LogP contribution in [0.5, 0.6) is 5.88 Å². The van der Waals surface area contributed by atoms with E-state index in [4.69, 9.17) is 10.5 Å². The lowest BCUT2D eigenvalue weighted by Gasteiger charge is -2.24. The molecule has 25 heavy (non-hydrogen) atoms. The molecule has 2 heterocycles. The van der Waals surface area contributed by atoms with Crippen LogP contribution in [0, 0.1) is 18.3 Å². The van der Waals surface area contributed by atoms with Crippen LogP contribution in [-0.2, 0) is 0 Å². The second-order valence-corrected chi connectivity index (χ2v) is 6.02. The van der Waals surface area contributed by atoms with Crippen molar-refractivity contribution in [1.29, 1.82) is 5.26 Å². The number of nitriles is 1. The largest absolute Gasteiger partial charge is 0.420 e. The van der Waals surface area contributed by atoms with E-state index in [-0.39, 0.29) is 11.8 Å². The van der Waals surface area contributed by atoms with E-state index in [1.165, 1.54) is 5.56 Å². The summed E-state index contributed by atoms with van der Waals surface area (Å²) in [6.07, 6.45) is 0. The molecule has 1 aliphatic heterocycles. The maximum atomic E-state index is 9.66. The van der Waals surface area contributed by atoms with E-state index >= 15 is 0 Å². The Morgan fingerprint density at radius 2 is 1.84 bits per heavy atom. The Kier molecular flexibility index (Phi) is 3.51. The Bertz CT molecular complexity index is 994. The molecule has 3 N–H and O–H groups in total. The maximum Gasteiger partial charge on any atom is 0.244 e. The van der Waals surface area contributed by atoms with E-state index in [0.717, 1.165) is 22.4 Å². The fourth-order valence-corrected chi connectivity index (χ4v) is 3.16. The summed E-state index contributed by atoms with van der Waals surface area (Å²) in [6.45, 7) is 2.04. The molecule has 1 aliphatic rings. The van der Waals surface area contributed by atoms with Crippen LogP contribution in [0.3, 0.4) is 0 Å². The van der Waals surface area contributed by atoms with Crippen molar-refractivity contribution in [2.45, 2.75) is 12.8 Å². The van der Waals surface area contributed by atoms with Gasteiger partial charge in [0.25, 0.3) is 0 Å². The Morgan fingerprint density at radius 1 is 1.12 bits per heavy atom. The number of nitrogens with two attached hydrogens (primary N) is 1. The molecular weight excluding hydrogens is 312 g/mol. The van der Waals surface area contributed by atoms with Gasteiger partial charge in [0, 0.05) is 5.56 Å². The van der Waals surface area contributed by atoms with Crippen LogP contribution in [0.4, 0.5) is 0 Å². The van der Waals surface area contributed by atoms with Gasteiger partial charge in [0.2, 0.25) is 11.8 Å². The van der Waals surface area contributed by atoms with Gasteiger partial charge in [-0.15, -0.1) is 5.10 Å². The number of allylic oxidation sites excluding steroid dienone is 1. The van der Waals surface area contributed by atoms with Crippen molar-refractivity contribution in [1.82, 2.24) is 10.2 Å². The molecule has 5 nitrogen and oxygen atoms in total. The van der Waals surface area contributed by atoms with Crippen molar-refractivity contribution in [3.63, 3.8) is 0 Å². The summed E-state index contributed by atoms with van der Waals surface area (Å²) in [5.41, 5.74) is 11.2. The van der Waals surface area contributed by atoms with Gasteiger partial charge < -0.3 is 10.5 Å². The van der Waals surface area contributed by atoms with Crippen LogP contribution in [0.1, 0.15) is 22.6 Å². The molecule has 0 radical (unpaired) electrons. The molecule has 5 heteroatoms. The minimum atomic E-state index is -0.315. The number of fused-ring (bicyclic) bond motifs is 1. The van der Waals surface area contributed by atoms with Gasteiger partial charge in [0.1, 0.15) is 11.6 Å². The zero-order valence-electron chi connectivity index (χ0n) is 13.7. The number of aromatic nitrogens is 2. The lowest BCUT2D eigenvalue weighted by atomic mass is 9.83. The third kappa shape index (κ3) is 2.45. The van der Waals surface area contributed by atoms with E-state index in [9.17, 15) is 5.26 Å². The molecule has 0 amide bonds. The predicted octanol–water partition coefficient (Wildman–Crippen LogP) is 3.60. The Labute approximate surface area is 145 Å². The summed E-state index contributed by atoms with van der Waals surface area (Å²) >= 11 is 0. The number of ether oxygens (including phenoxy) is 1. The van der Waals surface area contributed by atoms with Crippen LogP contribution in [-0.4, -0.2) is 10.2 Å².